The van der Waals surface area contributed by atoms with Gasteiger partial charge in [0.05, 0.1) is 11.1 Å². The molecule has 0 atom stereocenters. The van der Waals surface area contributed by atoms with Gasteiger partial charge in [-0.1, -0.05) is 12.1 Å². The molecular weight excluding hydrogens is 412 g/mol. The maximum atomic E-state index is 15.0. The number of hydrogen-bond acceptors (Lipinski definition) is 4. The van der Waals surface area contributed by atoms with Crippen molar-refractivity contribution < 1.29 is 18.3 Å². The Hall–Kier alpha value is -2.51. The van der Waals surface area contributed by atoms with Gasteiger partial charge in [-0.25, -0.2) is 8.78 Å². The lowest BCUT2D eigenvalue weighted by Crippen LogP contribution is -2.45. The molecule has 0 spiro atoms. The number of benzene rings is 2. The molecule has 32 heavy (non-hydrogen) atoms. The molecule has 2 aliphatic rings. The molecule has 7 heteroatoms. The second-order valence-corrected chi connectivity index (χ2v) is 9.01. The smallest absolute Gasteiger partial charge is 0.235 e. The molecule has 1 N–H and O–H groups in total. The summed E-state index contributed by atoms with van der Waals surface area (Å²) < 4.78 is 34.3. The third-order valence-electron chi connectivity index (χ3n) is 6.90. The number of anilines is 2. The number of hydrogen-bond donors (Lipinski definition) is 1. The molecule has 4 rings (SSSR count). The first-order chi connectivity index (χ1) is 15.4. The van der Waals surface area contributed by atoms with Crippen molar-refractivity contribution in [2.75, 3.05) is 50.6 Å². The molecule has 0 bridgehead atoms. The molecule has 2 aliphatic heterocycles. The maximum Gasteiger partial charge on any atom is 0.235 e. The highest BCUT2D eigenvalue weighted by atomic mass is 19.1. The largest absolute Gasteiger partial charge is 0.381 e. The van der Waals surface area contributed by atoms with Crippen LogP contribution in [-0.2, 0) is 14.9 Å². The van der Waals surface area contributed by atoms with Gasteiger partial charge in [0.2, 0.25) is 5.91 Å². The average molecular weight is 444 g/mol. The summed E-state index contributed by atoms with van der Waals surface area (Å²) in [4.78, 5) is 17.7. The predicted octanol–water partition coefficient (Wildman–Crippen LogP) is 4.18. The number of carbonyl (C=O) groups excluding carboxylic acids is 1. The number of carbonyl (C=O) groups is 1. The van der Waals surface area contributed by atoms with Gasteiger partial charge >= 0.3 is 0 Å². The summed E-state index contributed by atoms with van der Waals surface area (Å²) in [5.74, 6) is -0.988. The van der Waals surface area contributed by atoms with Crippen LogP contribution >= 0.6 is 0 Å². The minimum Gasteiger partial charge on any atom is -0.381 e. The Balaban J connectivity index is 1.50. The molecule has 0 saturated carbocycles. The molecule has 2 saturated heterocycles. The van der Waals surface area contributed by atoms with E-state index in [9.17, 15) is 13.6 Å². The fourth-order valence-corrected chi connectivity index (χ4v) is 4.87. The minimum atomic E-state index is -0.899. The standard InChI is InChI=1S/C25H31F2N3O2/c1-29(2)21-8-12-30(13-9-21)23-7-6-20(17-22(23)27)28-24(31)25(10-14-32-15-11-25)18-4-3-5-19(26)16-18/h3-7,16-17,21H,8-15H2,1-2H3,(H,28,31). The first-order valence-electron chi connectivity index (χ1n) is 11.3. The van der Waals surface area contributed by atoms with Crippen molar-refractivity contribution in [1.82, 2.24) is 4.90 Å². The number of nitrogens with zero attached hydrogens (tertiary/aromatic N) is 2. The summed E-state index contributed by atoms with van der Waals surface area (Å²) in [7, 11) is 4.15. The van der Waals surface area contributed by atoms with E-state index in [0.29, 0.717) is 49.0 Å². The van der Waals surface area contributed by atoms with Crippen LogP contribution in [0.25, 0.3) is 0 Å². The van der Waals surface area contributed by atoms with E-state index in [-0.39, 0.29) is 17.5 Å². The van der Waals surface area contributed by atoms with Gasteiger partial charge < -0.3 is 19.9 Å². The van der Waals surface area contributed by atoms with Crippen molar-refractivity contribution in [2.24, 2.45) is 0 Å². The van der Waals surface area contributed by atoms with Crippen molar-refractivity contribution in [3.63, 3.8) is 0 Å². The molecule has 5 nitrogen and oxygen atoms in total. The summed E-state index contributed by atoms with van der Waals surface area (Å²) in [5.41, 5.74) is 0.691. The van der Waals surface area contributed by atoms with Crippen LogP contribution < -0.4 is 10.2 Å². The van der Waals surface area contributed by atoms with E-state index in [0.717, 1.165) is 25.9 Å². The Kier molecular flexibility index (Phi) is 6.76. The Morgan fingerprint density at radius 2 is 1.81 bits per heavy atom. The highest BCUT2D eigenvalue weighted by Gasteiger charge is 2.42. The van der Waals surface area contributed by atoms with Gasteiger partial charge in [0, 0.05) is 38.0 Å². The van der Waals surface area contributed by atoms with Gasteiger partial charge in [-0.05, 0) is 75.7 Å². The van der Waals surface area contributed by atoms with E-state index in [1.807, 2.05) is 0 Å². The van der Waals surface area contributed by atoms with E-state index in [2.05, 4.69) is 29.2 Å². The van der Waals surface area contributed by atoms with Crippen LogP contribution in [-0.4, -0.2) is 57.2 Å². The van der Waals surface area contributed by atoms with E-state index in [1.54, 1.807) is 24.3 Å². The van der Waals surface area contributed by atoms with Crippen molar-refractivity contribution in [2.45, 2.75) is 37.1 Å². The molecule has 0 aromatic heterocycles. The zero-order valence-electron chi connectivity index (χ0n) is 18.7. The molecule has 0 unspecified atom stereocenters. The first-order valence-corrected chi connectivity index (χ1v) is 11.3. The molecule has 172 valence electrons. The molecule has 1 amide bonds. The van der Waals surface area contributed by atoms with Crippen LogP contribution in [0, 0.1) is 11.6 Å². The SMILES string of the molecule is CN(C)C1CCN(c2ccc(NC(=O)C3(c4cccc(F)c4)CCOCC3)cc2F)CC1. The monoisotopic (exact) mass is 443 g/mol. The van der Waals surface area contributed by atoms with E-state index < -0.39 is 5.41 Å². The molecule has 2 aromatic rings. The Morgan fingerprint density at radius 3 is 2.44 bits per heavy atom. The fraction of sp³-hybridized carbons (Fsp3) is 0.480. The molecular formula is C25H31F2N3O2. The van der Waals surface area contributed by atoms with Crippen LogP contribution in [0.1, 0.15) is 31.2 Å². The minimum absolute atomic E-state index is 0.259. The van der Waals surface area contributed by atoms with Crippen LogP contribution in [0.3, 0.4) is 0 Å². The lowest BCUT2D eigenvalue weighted by Gasteiger charge is -2.37. The maximum absolute atomic E-state index is 15.0. The van der Waals surface area contributed by atoms with E-state index in [4.69, 9.17) is 4.74 Å². The van der Waals surface area contributed by atoms with Crippen LogP contribution in [0.2, 0.25) is 0 Å². The third-order valence-corrected chi connectivity index (χ3v) is 6.90. The first kappa shape index (κ1) is 22.7. The number of ether oxygens (including phenoxy) is 1. The van der Waals surface area contributed by atoms with Gasteiger partial charge in [-0.2, -0.15) is 0 Å². The normalized spacial score (nSPS) is 19.2. The van der Waals surface area contributed by atoms with Gasteiger partial charge in [-0.3, -0.25) is 4.79 Å². The zero-order chi connectivity index (χ0) is 22.7. The summed E-state index contributed by atoms with van der Waals surface area (Å²) in [6.07, 6.45) is 2.87. The lowest BCUT2D eigenvalue weighted by molar-refractivity contribution is -0.125. The van der Waals surface area contributed by atoms with Crippen molar-refractivity contribution >= 4 is 17.3 Å². The summed E-state index contributed by atoms with van der Waals surface area (Å²) in [6.45, 7) is 2.43. The number of rotatable bonds is 5. The van der Waals surface area contributed by atoms with E-state index in [1.165, 1.54) is 18.2 Å². The zero-order valence-corrected chi connectivity index (χ0v) is 18.7. The van der Waals surface area contributed by atoms with E-state index >= 15 is 0 Å². The average Bonchev–Trinajstić information content (AvgIpc) is 2.79. The topological polar surface area (TPSA) is 44.8 Å². The molecule has 0 radical (unpaired) electrons. The molecule has 0 aliphatic carbocycles. The van der Waals surface area contributed by atoms with Crippen molar-refractivity contribution in [3.8, 4) is 0 Å². The van der Waals surface area contributed by atoms with Gasteiger partial charge in [0.25, 0.3) is 0 Å². The van der Waals surface area contributed by atoms with Gasteiger partial charge in [-0.15, -0.1) is 0 Å². The summed E-state index contributed by atoms with van der Waals surface area (Å²) in [5, 5.41) is 2.88. The molecule has 2 aromatic carbocycles. The van der Waals surface area contributed by atoms with Crippen molar-refractivity contribution in [1.29, 1.82) is 0 Å². The Morgan fingerprint density at radius 1 is 1.09 bits per heavy atom. The second kappa shape index (κ2) is 9.55. The fourth-order valence-electron chi connectivity index (χ4n) is 4.87. The highest BCUT2D eigenvalue weighted by molar-refractivity contribution is 5.99. The summed E-state index contributed by atoms with van der Waals surface area (Å²) >= 11 is 0. The molecule has 2 fully saturated rings. The highest BCUT2D eigenvalue weighted by Crippen LogP contribution is 2.37. The third kappa shape index (κ3) is 4.64. The quantitative estimate of drug-likeness (QED) is 0.753. The Labute approximate surface area is 188 Å². The second-order valence-electron chi connectivity index (χ2n) is 9.01. The van der Waals surface area contributed by atoms with Crippen LogP contribution in [0.5, 0.6) is 0 Å². The van der Waals surface area contributed by atoms with Gasteiger partial charge in [0.1, 0.15) is 11.6 Å². The lowest BCUT2D eigenvalue weighted by atomic mass is 9.73. The summed E-state index contributed by atoms with van der Waals surface area (Å²) in [6, 6.07) is 11.5. The number of piperidine rings is 1. The number of nitrogens with one attached hydrogen (secondary N) is 1. The molecule has 2 heterocycles. The van der Waals surface area contributed by atoms with Crippen LogP contribution in [0.15, 0.2) is 42.5 Å². The number of amides is 1. The number of halogens is 2. The predicted molar refractivity (Wildman–Crippen MR) is 122 cm³/mol. The Bertz CT molecular complexity index is 952. The van der Waals surface area contributed by atoms with Gasteiger partial charge in [0.15, 0.2) is 0 Å². The van der Waals surface area contributed by atoms with Crippen LogP contribution in [0.4, 0.5) is 20.2 Å². The van der Waals surface area contributed by atoms with Crippen molar-refractivity contribution in [3.05, 3.63) is 59.7 Å².